The zero-order valence-corrected chi connectivity index (χ0v) is 27.9. The van der Waals surface area contributed by atoms with Crippen LogP contribution in [0, 0.1) is 23.7 Å². The van der Waals surface area contributed by atoms with Gasteiger partial charge in [-0.15, -0.1) is 0 Å². The van der Waals surface area contributed by atoms with Crippen molar-refractivity contribution in [2.24, 2.45) is 23.7 Å². The number of rotatable bonds is 6. The first-order chi connectivity index (χ1) is 25.1. The Labute approximate surface area is 298 Å². The minimum atomic E-state index is -1.51. The maximum absolute atomic E-state index is 15.1. The number of methoxy groups -OCH3 is 1. The molecule has 6 unspecified atom stereocenters. The highest BCUT2D eigenvalue weighted by atomic mass is 16.5. The molecule has 4 aromatic rings. The minimum absolute atomic E-state index is 0.0328. The van der Waals surface area contributed by atoms with Gasteiger partial charge in [-0.1, -0.05) is 78.4 Å². The molecule has 260 valence electrons. The highest BCUT2D eigenvalue weighted by Crippen LogP contribution is 2.64. The van der Waals surface area contributed by atoms with Crippen LogP contribution in [-0.2, 0) is 24.6 Å². The van der Waals surface area contributed by atoms with Gasteiger partial charge in [0, 0.05) is 35.1 Å². The lowest BCUT2D eigenvalue weighted by molar-refractivity contribution is -0.135. The molecule has 10 nitrogen and oxygen atoms in total. The van der Waals surface area contributed by atoms with Gasteiger partial charge in [0.15, 0.2) is 11.6 Å². The third-order valence-corrected chi connectivity index (χ3v) is 11.4. The summed E-state index contributed by atoms with van der Waals surface area (Å²) in [7, 11) is 1.47. The van der Waals surface area contributed by atoms with Crippen LogP contribution in [0.1, 0.15) is 45.8 Å². The summed E-state index contributed by atoms with van der Waals surface area (Å²) in [5.41, 5.74) is 0.621. The van der Waals surface area contributed by atoms with E-state index >= 15 is 9.59 Å². The minimum Gasteiger partial charge on any atom is -0.508 e. The highest BCUT2D eigenvalue weighted by molar-refractivity contribution is 6.32. The number of hydrogen-bond donors (Lipinski definition) is 3. The molecule has 1 saturated heterocycles. The predicted octanol–water partition coefficient (Wildman–Crippen LogP) is 5.83. The zero-order valence-electron chi connectivity index (χ0n) is 27.9. The number of carbonyl (C=O) groups excluding carboxylic acids is 4. The first-order valence-corrected chi connectivity index (χ1v) is 17.0. The quantitative estimate of drug-likeness (QED) is 0.167. The maximum atomic E-state index is 15.1. The molecular weight excluding hydrogens is 662 g/mol. The van der Waals surface area contributed by atoms with E-state index in [4.69, 9.17) is 4.74 Å². The first kappa shape index (κ1) is 32.9. The van der Waals surface area contributed by atoms with Gasteiger partial charge in [0.2, 0.25) is 11.8 Å². The molecule has 1 aliphatic heterocycles. The van der Waals surface area contributed by atoms with Crippen LogP contribution in [0.5, 0.6) is 17.2 Å². The Bertz CT molecular complexity index is 2260. The van der Waals surface area contributed by atoms with Crippen LogP contribution in [0.3, 0.4) is 0 Å². The monoisotopic (exact) mass is 695 g/mol. The number of carboxylic acid groups (broad SMARTS) is 1. The van der Waals surface area contributed by atoms with Crippen molar-refractivity contribution < 1.29 is 44.0 Å². The molecule has 0 radical (unpaired) electrons. The van der Waals surface area contributed by atoms with Crippen molar-refractivity contribution in [3.05, 3.63) is 137 Å². The molecule has 0 aromatic heterocycles. The fraction of sp³-hybridized carbons (Fsp3) is 0.214. The fourth-order valence-corrected chi connectivity index (χ4v) is 9.21. The number of hydrogen-bond acceptors (Lipinski definition) is 8. The van der Waals surface area contributed by atoms with Crippen molar-refractivity contribution in [3.8, 4) is 17.2 Å². The second kappa shape index (κ2) is 12.2. The molecule has 10 heteroatoms. The number of amides is 2. The smallest absolute Gasteiger partial charge is 0.339 e. The topological polar surface area (TPSA) is 159 Å². The van der Waals surface area contributed by atoms with E-state index in [-0.39, 0.29) is 47.0 Å². The summed E-state index contributed by atoms with van der Waals surface area (Å²) in [4.78, 5) is 71.2. The van der Waals surface area contributed by atoms with Crippen LogP contribution in [-0.4, -0.2) is 51.8 Å². The molecule has 8 rings (SSSR count). The van der Waals surface area contributed by atoms with Crippen LogP contribution in [0.15, 0.2) is 115 Å². The molecule has 4 aromatic carbocycles. The number of carboxylic acids is 1. The Morgan fingerprint density at radius 2 is 1.54 bits per heavy atom. The number of phenols is 2. The number of phenolic OH excluding ortho intramolecular Hbond substituents is 1. The Hall–Kier alpha value is -6.29. The maximum Gasteiger partial charge on any atom is 0.339 e. The van der Waals surface area contributed by atoms with Gasteiger partial charge >= 0.3 is 5.97 Å². The molecule has 0 bridgehead atoms. The number of nitrogens with zero attached hydrogens (tertiary/aromatic N) is 1. The van der Waals surface area contributed by atoms with Gasteiger partial charge in [0.1, 0.15) is 22.8 Å². The third kappa shape index (κ3) is 4.67. The van der Waals surface area contributed by atoms with Crippen molar-refractivity contribution in [1.82, 2.24) is 0 Å². The van der Waals surface area contributed by atoms with Crippen molar-refractivity contribution in [3.63, 3.8) is 0 Å². The summed E-state index contributed by atoms with van der Waals surface area (Å²) in [5.74, 6) is -7.70. The van der Waals surface area contributed by atoms with E-state index in [1.165, 1.54) is 25.3 Å². The number of carbonyl (C=O) groups is 5. The Morgan fingerprint density at radius 1 is 0.827 bits per heavy atom. The summed E-state index contributed by atoms with van der Waals surface area (Å²) < 4.78 is 5.38. The van der Waals surface area contributed by atoms with Crippen LogP contribution < -0.4 is 9.64 Å². The van der Waals surface area contributed by atoms with E-state index in [2.05, 4.69) is 0 Å². The number of fused-ring (bicyclic) bond motifs is 4. The Kier molecular flexibility index (Phi) is 7.71. The summed E-state index contributed by atoms with van der Waals surface area (Å²) in [5, 5.41) is 31.5. The molecule has 1 heterocycles. The van der Waals surface area contributed by atoms with Crippen molar-refractivity contribution in [2.45, 2.75) is 24.2 Å². The van der Waals surface area contributed by atoms with Gasteiger partial charge in [-0.3, -0.25) is 19.2 Å². The lowest BCUT2D eigenvalue weighted by atomic mass is 9.44. The first-order valence-electron chi connectivity index (χ1n) is 17.0. The van der Waals surface area contributed by atoms with Crippen molar-refractivity contribution >= 4 is 40.6 Å². The van der Waals surface area contributed by atoms with Gasteiger partial charge in [-0.2, -0.15) is 0 Å². The number of allylic oxidation sites excluding steroid dienone is 4. The van der Waals surface area contributed by atoms with Crippen molar-refractivity contribution in [1.29, 1.82) is 0 Å². The summed E-state index contributed by atoms with van der Waals surface area (Å²) in [6.45, 7) is 0. The number of ether oxygens (including phenoxy) is 1. The molecule has 52 heavy (non-hydrogen) atoms. The number of ketones is 2. The number of aromatic hydroxyl groups is 2. The van der Waals surface area contributed by atoms with E-state index < -0.39 is 58.5 Å². The fourth-order valence-electron chi connectivity index (χ4n) is 9.21. The molecule has 2 amide bonds. The largest absolute Gasteiger partial charge is 0.508 e. The molecule has 0 spiro atoms. The second-order valence-corrected chi connectivity index (χ2v) is 13.7. The molecule has 2 fully saturated rings. The molecule has 3 aliphatic carbocycles. The molecule has 6 atom stereocenters. The molecular formula is C42H33NO9. The van der Waals surface area contributed by atoms with E-state index in [0.29, 0.717) is 28.0 Å². The normalized spacial score (nSPS) is 26.6. The third-order valence-electron chi connectivity index (χ3n) is 11.4. The lowest BCUT2D eigenvalue weighted by Gasteiger charge is -2.55. The predicted molar refractivity (Wildman–Crippen MR) is 189 cm³/mol. The van der Waals surface area contributed by atoms with Gasteiger partial charge in [0.25, 0.3) is 0 Å². The highest BCUT2D eigenvalue weighted by Gasteiger charge is 2.66. The van der Waals surface area contributed by atoms with Crippen LogP contribution >= 0.6 is 0 Å². The average molecular weight is 696 g/mol. The Balaban J connectivity index is 1.34. The number of anilines is 1. The number of benzene rings is 4. The van der Waals surface area contributed by atoms with Gasteiger partial charge in [-0.05, 0) is 54.2 Å². The van der Waals surface area contributed by atoms with Crippen molar-refractivity contribution in [2.75, 3.05) is 12.0 Å². The lowest BCUT2D eigenvalue weighted by Crippen LogP contribution is -2.58. The summed E-state index contributed by atoms with van der Waals surface area (Å²) in [6, 6.07) is 26.4. The van der Waals surface area contributed by atoms with Gasteiger partial charge in [0.05, 0.1) is 30.0 Å². The van der Waals surface area contributed by atoms with E-state index in [9.17, 15) is 29.7 Å². The van der Waals surface area contributed by atoms with Gasteiger partial charge < -0.3 is 20.1 Å². The number of imide groups is 1. The molecule has 4 aliphatic rings. The van der Waals surface area contributed by atoms with E-state index in [0.717, 1.165) is 17.0 Å². The number of aromatic carboxylic acids is 1. The van der Waals surface area contributed by atoms with E-state index in [1.54, 1.807) is 48.5 Å². The van der Waals surface area contributed by atoms with Crippen LogP contribution in [0.4, 0.5) is 5.69 Å². The number of Topliss-reactive ketones (excluding diaryl/α,β-unsaturated/α-hetero) is 1. The summed E-state index contributed by atoms with van der Waals surface area (Å²) in [6.07, 6.45) is 3.52. The van der Waals surface area contributed by atoms with Gasteiger partial charge in [-0.25, -0.2) is 9.69 Å². The molecule has 3 N–H and O–H groups in total. The SMILES string of the molecule is COc1ccc(C2C3=CCC4C(=O)N(c5ccc(C(=O)O)c(O)c5)C(=O)C4C3CC3C(=O)C(c4ccccc4)=CC(=O)C32c2ccccc2)c(O)c1. The standard InChI is InChI=1S/C42H33NO9/c1-52-25-13-15-27(34(45)19-25)37-26-16-17-29-36(40(49)43(39(29)48)24-12-14-28(41(50)51)33(44)18-24)31(26)20-32-38(47)30(22-8-4-2-5-9-22)21-35(46)42(32,37)23-10-6-3-7-11-23/h2-16,18-19,21,29,31-32,36-37,44-45H,17,20H2,1H3,(H,50,51). The Morgan fingerprint density at radius 3 is 2.19 bits per heavy atom. The zero-order chi connectivity index (χ0) is 36.5. The van der Waals surface area contributed by atoms with Crippen LogP contribution in [0.25, 0.3) is 5.57 Å². The molecule has 1 saturated carbocycles. The average Bonchev–Trinajstić information content (AvgIpc) is 3.41. The van der Waals surface area contributed by atoms with Crippen LogP contribution in [0.2, 0.25) is 0 Å². The summed E-state index contributed by atoms with van der Waals surface area (Å²) >= 11 is 0. The van der Waals surface area contributed by atoms with E-state index in [1.807, 2.05) is 30.3 Å². The second-order valence-electron chi connectivity index (χ2n) is 13.7.